The summed E-state index contributed by atoms with van der Waals surface area (Å²) in [7, 11) is 0. The van der Waals surface area contributed by atoms with Crippen LogP contribution < -0.4 is 4.90 Å². The van der Waals surface area contributed by atoms with Gasteiger partial charge in [-0.3, -0.25) is 0 Å². The minimum atomic E-state index is -2.39. The Kier molecular flexibility index (Phi) is 4.47. The molecule has 14 heavy (non-hydrogen) atoms. The molecule has 0 aliphatic rings. The Morgan fingerprint density at radius 1 is 1.50 bits per heavy atom. The fraction of sp³-hybridized carbons (Fsp3) is 0.714. The van der Waals surface area contributed by atoms with Gasteiger partial charge >= 0.3 is 0 Å². The minimum absolute atomic E-state index is 0.297. The first-order chi connectivity index (χ1) is 6.63. The first-order valence-corrected chi connectivity index (χ1v) is 5.37. The number of rotatable bonds is 5. The number of nitrogens with zero attached hydrogens (tertiary/aromatic N) is 3. The highest BCUT2D eigenvalue weighted by atomic mass is 35.5. The number of alkyl halides is 3. The standard InChI is InChI=1S/C7H10ClF2N3S/c1-5-11-12-7(14-5)13(3-2-8)4-6(9)10/h6H,2-4H2,1H3. The lowest BCUT2D eigenvalue weighted by Gasteiger charge is -2.18. The molecule has 0 N–H and O–H groups in total. The van der Waals surface area contributed by atoms with Crippen LogP contribution in [0.5, 0.6) is 0 Å². The number of anilines is 1. The van der Waals surface area contributed by atoms with Crippen LogP contribution in [0.2, 0.25) is 0 Å². The van der Waals surface area contributed by atoms with Crippen molar-refractivity contribution in [2.45, 2.75) is 13.3 Å². The number of hydrogen-bond donors (Lipinski definition) is 0. The van der Waals surface area contributed by atoms with E-state index in [2.05, 4.69) is 10.2 Å². The average Bonchev–Trinajstić information content (AvgIpc) is 2.50. The number of hydrogen-bond acceptors (Lipinski definition) is 4. The van der Waals surface area contributed by atoms with Crippen molar-refractivity contribution >= 4 is 28.1 Å². The fourth-order valence-electron chi connectivity index (χ4n) is 0.948. The molecule has 0 fully saturated rings. The molecule has 1 aromatic heterocycles. The van der Waals surface area contributed by atoms with Crippen molar-refractivity contribution in [1.29, 1.82) is 0 Å². The van der Waals surface area contributed by atoms with Crippen LogP contribution in [0.25, 0.3) is 0 Å². The van der Waals surface area contributed by atoms with Crippen LogP contribution in [0.3, 0.4) is 0 Å². The van der Waals surface area contributed by atoms with Gasteiger partial charge in [0.1, 0.15) is 5.01 Å². The molecule has 0 amide bonds. The molecule has 0 aromatic carbocycles. The molecule has 0 atom stereocenters. The summed E-state index contributed by atoms with van der Waals surface area (Å²) in [6.07, 6.45) is -2.39. The van der Waals surface area contributed by atoms with Gasteiger partial charge in [-0.1, -0.05) is 11.3 Å². The maximum Gasteiger partial charge on any atom is 0.255 e. The summed E-state index contributed by atoms with van der Waals surface area (Å²) in [5, 5.41) is 8.82. The Morgan fingerprint density at radius 2 is 2.21 bits per heavy atom. The van der Waals surface area contributed by atoms with E-state index in [0.29, 0.717) is 17.6 Å². The van der Waals surface area contributed by atoms with Crippen molar-refractivity contribution in [2.24, 2.45) is 0 Å². The van der Waals surface area contributed by atoms with Crippen molar-refractivity contribution in [2.75, 3.05) is 23.9 Å². The van der Waals surface area contributed by atoms with Crippen LogP contribution in [-0.2, 0) is 0 Å². The third kappa shape index (κ3) is 3.34. The van der Waals surface area contributed by atoms with Gasteiger partial charge in [0.15, 0.2) is 0 Å². The second-order valence-corrected chi connectivity index (χ2v) is 4.17. The minimum Gasteiger partial charge on any atom is -0.340 e. The van der Waals surface area contributed by atoms with Gasteiger partial charge in [0.05, 0.1) is 6.54 Å². The van der Waals surface area contributed by atoms with Gasteiger partial charge in [-0.25, -0.2) is 8.78 Å². The lowest BCUT2D eigenvalue weighted by atomic mass is 10.5. The summed E-state index contributed by atoms with van der Waals surface area (Å²) in [5.74, 6) is 0.297. The average molecular weight is 242 g/mol. The Morgan fingerprint density at radius 3 is 2.64 bits per heavy atom. The summed E-state index contributed by atoms with van der Waals surface area (Å²) < 4.78 is 24.3. The lowest BCUT2D eigenvalue weighted by molar-refractivity contribution is 0.155. The second kappa shape index (κ2) is 5.41. The predicted octanol–water partition coefficient (Wildman–Crippen LogP) is 2.16. The molecule has 7 heteroatoms. The number of halogens is 3. The van der Waals surface area contributed by atoms with Crippen LogP contribution in [0.1, 0.15) is 5.01 Å². The van der Waals surface area contributed by atoms with Crippen molar-refractivity contribution < 1.29 is 8.78 Å². The zero-order valence-electron chi connectivity index (χ0n) is 7.58. The highest BCUT2D eigenvalue weighted by molar-refractivity contribution is 7.15. The molecule has 0 saturated heterocycles. The van der Waals surface area contributed by atoms with Gasteiger partial charge in [0, 0.05) is 12.4 Å². The lowest BCUT2D eigenvalue weighted by Crippen LogP contribution is -2.30. The molecule has 0 saturated carbocycles. The first kappa shape index (κ1) is 11.6. The highest BCUT2D eigenvalue weighted by Crippen LogP contribution is 2.20. The van der Waals surface area contributed by atoms with Crippen LogP contribution in [-0.4, -0.2) is 35.6 Å². The molecule has 80 valence electrons. The molecular weight excluding hydrogens is 232 g/mol. The van der Waals surface area contributed by atoms with Crippen LogP contribution in [0.4, 0.5) is 13.9 Å². The highest BCUT2D eigenvalue weighted by Gasteiger charge is 2.15. The molecule has 0 aliphatic heterocycles. The molecule has 0 radical (unpaired) electrons. The molecule has 0 spiro atoms. The van der Waals surface area contributed by atoms with Gasteiger partial charge in [-0.05, 0) is 6.92 Å². The topological polar surface area (TPSA) is 29.0 Å². The van der Waals surface area contributed by atoms with Crippen molar-refractivity contribution in [3.8, 4) is 0 Å². The number of aromatic nitrogens is 2. The first-order valence-electron chi connectivity index (χ1n) is 4.02. The van der Waals surface area contributed by atoms with E-state index in [1.54, 1.807) is 6.92 Å². The Bertz CT molecular complexity index is 282. The summed E-state index contributed by atoms with van der Waals surface area (Å²) in [6.45, 7) is 1.80. The maximum atomic E-state index is 12.2. The molecule has 0 bridgehead atoms. The molecular formula is C7H10ClF2N3S. The summed E-state index contributed by atoms with van der Waals surface area (Å²) in [6, 6.07) is 0. The van der Waals surface area contributed by atoms with Gasteiger partial charge in [-0.15, -0.1) is 21.8 Å². The summed E-state index contributed by atoms with van der Waals surface area (Å²) in [4.78, 5) is 1.45. The van der Waals surface area contributed by atoms with Crippen LogP contribution in [0, 0.1) is 6.92 Å². The van der Waals surface area contributed by atoms with E-state index in [0.717, 1.165) is 5.01 Å². The van der Waals surface area contributed by atoms with E-state index >= 15 is 0 Å². The van der Waals surface area contributed by atoms with Gasteiger partial charge in [-0.2, -0.15) is 0 Å². The Balaban J connectivity index is 2.66. The quantitative estimate of drug-likeness (QED) is 0.740. The molecule has 1 rings (SSSR count). The summed E-state index contributed by atoms with van der Waals surface area (Å²) in [5.41, 5.74) is 0. The summed E-state index contributed by atoms with van der Waals surface area (Å²) >= 11 is 6.80. The van der Waals surface area contributed by atoms with E-state index in [9.17, 15) is 8.78 Å². The van der Waals surface area contributed by atoms with Crippen molar-refractivity contribution in [1.82, 2.24) is 10.2 Å². The smallest absolute Gasteiger partial charge is 0.255 e. The molecule has 0 unspecified atom stereocenters. The third-order valence-corrected chi connectivity index (χ3v) is 2.57. The van der Waals surface area contributed by atoms with Crippen LogP contribution >= 0.6 is 22.9 Å². The monoisotopic (exact) mass is 241 g/mol. The van der Waals surface area contributed by atoms with Crippen molar-refractivity contribution in [3.63, 3.8) is 0 Å². The third-order valence-electron chi connectivity index (χ3n) is 1.50. The SMILES string of the molecule is Cc1nnc(N(CCCl)CC(F)F)s1. The normalized spacial score (nSPS) is 10.9. The van der Waals surface area contributed by atoms with E-state index in [1.165, 1.54) is 16.2 Å². The predicted molar refractivity (Wildman–Crippen MR) is 53.6 cm³/mol. The fourth-order valence-corrected chi connectivity index (χ4v) is 1.87. The zero-order chi connectivity index (χ0) is 10.6. The van der Waals surface area contributed by atoms with Crippen LogP contribution in [0.15, 0.2) is 0 Å². The second-order valence-electron chi connectivity index (χ2n) is 2.63. The van der Waals surface area contributed by atoms with E-state index < -0.39 is 6.43 Å². The van der Waals surface area contributed by atoms with E-state index in [4.69, 9.17) is 11.6 Å². The zero-order valence-corrected chi connectivity index (χ0v) is 9.15. The Hall–Kier alpha value is -0.490. The molecule has 1 heterocycles. The van der Waals surface area contributed by atoms with Gasteiger partial charge in [0.2, 0.25) is 5.13 Å². The Labute approximate surface area is 89.7 Å². The van der Waals surface area contributed by atoms with Gasteiger partial charge in [0.25, 0.3) is 6.43 Å². The number of aryl methyl sites for hydroxylation is 1. The van der Waals surface area contributed by atoms with Gasteiger partial charge < -0.3 is 4.90 Å². The van der Waals surface area contributed by atoms with Crippen molar-refractivity contribution in [3.05, 3.63) is 5.01 Å². The maximum absolute atomic E-state index is 12.2. The van der Waals surface area contributed by atoms with E-state index in [1.807, 2.05) is 0 Å². The molecule has 3 nitrogen and oxygen atoms in total. The molecule has 1 aromatic rings. The largest absolute Gasteiger partial charge is 0.340 e. The molecule has 0 aliphatic carbocycles. The van der Waals surface area contributed by atoms with E-state index in [-0.39, 0.29) is 6.54 Å².